The average molecular weight is 198 g/mol. The van der Waals surface area contributed by atoms with E-state index < -0.39 is 0 Å². The highest BCUT2D eigenvalue weighted by atomic mass is 16.5. The lowest BCUT2D eigenvalue weighted by atomic mass is 9.99. The standard InChI is InChI=1S/C10H18N2O2/c13-10(9-2-4-14-7-9)12-3-1-8-5-11-6-8/h8-9,11H,1-7H2,(H,12,13). The smallest absolute Gasteiger partial charge is 0.225 e. The van der Waals surface area contributed by atoms with Gasteiger partial charge in [-0.3, -0.25) is 4.79 Å². The molecule has 2 N–H and O–H groups in total. The van der Waals surface area contributed by atoms with Crippen LogP contribution in [-0.2, 0) is 9.53 Å². The summed E-state index contributed by atoms with van der Waals surface area (Å²) in [5.41, 5.74) is 0. The molecule has 0 aromatic rings. The molecule has 1 atom stereocenters. The lowest BCUT2D eigenvalue weighted by Crippen LogP contribution is -2.44. The number of hydrogen-bond acceptors (Lipinski definition) is 3. The molecule has 14 heavy (non-hydrogen) atoms. The normalized spacial score (nSPS) is 27.3. The third kappa shape index (κ3) is 2.45. The van der Waals surface area contributed by atoms with Crippen molar-refractivity contribution in [3.63, 3.8) is 0 Å². The molecule has 0 radical (unpaired) electrons. The highest BCUT2D eigenvalue weighted by Gasteiger charge is 2.23. The van der Waals surface area contributed by atoms with Crippen molar-refractivity contribution in [2.75, 3.05) is 32.8 Å². The zero-order valence-corrected chi connectivity index (χ0v) is 8.42. The Labute approximate surface area is 84.4 Å². The van der Waals surface area contributed by atoms with Crippen LogP contribution in [0.3, 0.4) is 0 Å². The van der Waals surface area contributed by atoms with Gasteiger partial charge < -0.3 is 15.4 Å². The molecule has 0 spiro atoms. The molecule has 1 unspecified atom stereocenters. The zero-order chi connectivity index (χ0) is 9.80. The van der Waals surface area contributed by atoms with Crippen LogP contribution in [0.1, 0.15) is 12.8 Å². The Balaban J connectivity index is 1.57. The molecule has 2 rings (SSSR count). The van der Waals surface area contributed by atoms with Crippen molar-refractivity contribution in [1.82, 2.24) is 10.6 Å². The van der Waals surface area contributed by atoms with E-state index in [0.29, 0.717) is 6.61 Å². The molecular weight excluding hydrogens is 180 g/mol. The molecule has 2 heterocycles. The van der Waals surface area contributed by atoms with Gasteiger partial charge in [0.05, 0.1) is 12.5 Å². The lowest BCUT2D eigenvalue weighted by molar-refractivity contribution is -0.125. The molecule has 0 aromatic carbocycles. The maximum absolute atomic E-state index is 11.5. The van der Waals surface area contributed by atoms with Crippen LogP contribution in [0.2, 0.25) is 0 Å². The van der Waals surface area contributed by atoms with E-state index in [2.05, 4.69) is 10.6 Å². The van der Waals surface area contributed by atoms with Crippen molar-refractivity contribution >= 4 is 5.91 Å². The molecule has 4 heteroatoms. The van der Waals surface area contributed by atoms with Gasteiger partial charge in [-0.05, 0) is 31.8 Å². The number of amides is 1. The van der Waals surface area contributed by atoms with Gasteiger partial charge in [-0.2, -0.15) is 0 Å². The first-order valence-electron chi connectivity index (χ1n) is 5.42. The molecule has 2 saturated heterocycles. The van der Waals surface area contributed by atoms with Gasteiger partial charge in [-0.1, -0.05) is 0 Å². The Bertz CT molecular complexity index is 198. The van der Waals surface area contributed by atoms with Crippen molar-refractivity contribution in [2.45, 2.75) is 12.8 Å². The minimum atomic E-state index is 0.106. The predicted octanol–water partition coefficient (Wildman–Crippen LogP) is -0.251. The minimum Gasteiger partial charge on any atom is -0.381 e. The van der Waals surface area contributed by atoms with Crippen molar-refractivity contribution in [1.29, 1.82) is 0 Å². The highest BCUT2D eigenvalue weighted by Crippen LogP contribution is 2.12. The summed E-state index contributed by atoms with van der Waals surface area (Å²) in [4.78, 5) is 11.5. The quantitative estimate of drug-likeness (QED) is 0.655. The first-order valence-corrected chi connectivity index (χ1v) is 5.42. The monoisotopic (exact) mass is 198 g/mol. The van der Waals surface area contributed by atoms with Gasteiger partial charge in [0.15, 0.2) is 0 Å². The van der Waals surface area contributed by atoms with Crippen LogP contribution in [0.25, 0.3) is 0 Å². The second-order valence-corrected chi connectivity index (χ2v) is 4.16. The predicted molar refractivity (Wildman–Crippen MR) is 52.9 cm³/mol. The van der Waals surface area contributed by atoms with Crippen LogP contribution in [0, 0.1) is 11.8 Å². The van der Waals surface area contributed by atoms with Gasteiger partial charge in [0.1, 0.15) is 0 Å². The van der Waals surface area contributed by atoms with Crippen LogP contribution < -0.4 is 10.6 Å². The average Bonchev–Trinajstić information content (AvgIpc) is 2.61. The van der Waals surface area contributed by atoms with E-state index in [-0.39, 0.29) is 11.8 Å². The first-order chi connectivity index (χ1) is 6.86. The maximum atomic E-state index is 11.5. The Morgan fingerprint density at radius 1 is 1.50 bits per heavy atom. The fourth-order valence-electron chi connectivity index (χ4n) is 1.84. The van der Waals surface area contributed by atoms with Gasteiger partial charge in [0.2, 0.25) is 5.91 Å². The summed E-state index contributed by atoms with van der Waals surface area (Å²) in [6.45, 7) is 4.40. The van der Waals surface area contributed by atoms with E-state index >= 15 is 0 Å². The van der Waals surface area contributed by atoms with Crippen LogP contribution in [0.4, 0.5) is 0 Å². The summed E-state index contributed by atoms with van der Waals surface area (Å²) < 4.78 is 5.17. The van der Waals surface area contributed by atoms with Crippen LogP contribution >= 0.6 is 0 Å². The largest absolute Gasteiger partial charge is 0.381 e. The summed E-state index contributed by atoms with van der Waals surface area (Å²) >= 11 is 0. The maximum Gasteiger partial charge on any atom is 0.225 e. The first kappa shape index (κ1) is 9.93. The van der Waals surface area contributed by atoms with E-state index in [1.165, 1.54) is 0 Å². The van der Waals surface area contributed by atoms with Gasteiger partial charge in [-0.25, -0.2) is 0 Å². The minimum absolute atomic E-state index is 0.106. The lowest BCUT2D eigenvalue weighted by Gasteiger charge is -2.27. The van der Waals surface area contributed by atoms with Crippen LogP contribution in [0.15, 0.2) is 0 Å². The van der Waals surface area contributed by atoms with Crippen molar-refractivity contribution in [2.24, 2.45) is 11.8 Å². The zero-order valence-electron chi connectivity index (χ0n) is 8.42. The second kappa shape index (κ2) is 4.75. The van der Waals surface area contributed by atoms with Gasteiger partial charge in [-0.15, -0.1) is 0 Å². The summed E-state index contributed by atoms with van der Waals surface area (Å²) in [5, 5.41) is 6.20. The van der Waals surface area contributed by atoms with Crippen molar-refractivity contribution in [3.05, 3.63) is 0 Å². The highest BCUT2D eigenvalue weighted by molar-refractivity contribution is 5.78. The second-order valence-electron chi connectivity index (χ2n) is 4.16. The fraction of sp³-hybridized carbons (Fsp3) is 0.900. The number of carbonyl (C=O) groups excluding carboxylic acids is 1. The number of ether oxygens (including phenoxy) is 1. The summed E-state index contributed by atoms with van der Waals surface area (Å²) in [6, 6.07) is 0. The molecule has 0 saturated carbocycles. The van der Waals surface area contributed by atoms with Crippen molar-refractivity contribution < 1.29 is 9.53 Å². The Hall–Kier alpha value is -0.610. The molecular formula is C10H18N2O2. The van der Waals surface area contributed by atoms with Gasteiger partial charge in [0, 0.05) is 13.2 Å². The van der Waals surface area contributed by atoms with E-state index in [1.807, 2.05) is 0 Å². The molecule has 4 nitrogen and oxygen atoms in total. The van der Waals surface area contributed by atoms with E-state index in [0.717, 1.165) is 45.0 Å². The molecule has 2 aliphatic heterocycles. The Kier molecular flexibility index (Phi) is 3.37. The van der Waals surface area contributed by atoms with E-state index in [4.69, 9.17) is 4.74 Å². The van der Waals surface area contributed by atoms with E-state index in [1.54, 1.807) is 0 Å². The number of carbonyl (C=O) groups is 1. The number of rotatable bonds is 4. The summed E-state index contributed by atoms with van der Waals surface area (Å²) in [7, 11) is 0. The van der Waals surface area contributed by atoms with Crippen LogP contribution in [0.5, 0.6) is 0 Å². The molecule has 80 valence electrons. The number of hydrogen-bond donors (Lipinski definition) is 2. The summed E-state index contributed by atoms with van der Waals surface area (Å²) in [5.74, 6) is 1.06. The molecule has 2 fully saturated rings. The molecule has 0 aromatic heterocycles. The Morgan fingerprint density at radius 3 is 2.93 bits per heavy atom. The van der Waals surface area contributed by atoms with Crippen molar-refractivity contribution in [3.8, 4) is 0 Å². The van der Waals surface area contributed by atoms with Gasteiger partial charge >= 0.3 is 0 Å². The SMILES string of the molecule is O=C(NCCC1CNC1)C1CCOC1. The molecule has 0 aliphatic carbocycles. The van der Waals surface area contributed by atoms with Gasteiger partial charge in [0.25, 0.3) is 0 Å². The topological polar surface area (TPSA) is 50.4 Å². The molecule has 1 amide bonds. The van der Waals surface area contributed by atoms with Crippen LogP contribution in [-0.4, -0.2) is 38.8 Å². The van der Waals surface area contributed by atoms with E-state index in [9.17, 15) is 4.79 Å². The third-order valence-electron chi connectivity index (χ3n) is 3.02. The Morgan fingerprint density at radius 2 is 2.36 bits per heavy atom. The fourth-order valence-corrected chi connectivity index (χ4v) is 1.84. The third-order valence-corrected chi connectivity index (χ3v) is 3.02. The number of nitrogens with one attached hydrogen (secondary N) is 2. The molecule has 0 bridgehead atoms. The molecule has 2 aliphatic rings. The summed E-state index contributed by atoms with van der Waals surface area (Å²) in [6.07, 6.45) is 1.99.